The van der Waals surface area contributed by atoms with Gasteiger partial charge in [-0.3, -0.25) is 9.48 Å². The first kappa shape index (κ1) is 12.1. The molecule has 0 bridgehead atoms. The quantitative estimate of drug-likeness (QED) is 0.835. The van der Waals surface area contributed by atoms with E-state index in [2.05, 4.69) is 15.4 Å². The van der Waals surface area contributed by atoms with Gasteiger partial charge in [0, 0.05) is 31.5 Å². The van der Waals surface area contributed by atoms with Crippen LogP contribution in [-0.2, 0) is 13.6 Å². The smallest absolute Gasteiger partial charge is 0.250 e. The van der Waals surface area contributed by atoms with E-state index in [-0.39, 0.29) is 0 Å². The van der Waals surface area contributed by atoms with Gasteiger partial charge in [0.1, 0.15) is 5.82 Å². The van der Waals surface area contributed by atoms with Crippen LogP contribution in [0.2, 0.25) is 0 Å². The van der Waals surface area contributed by atoms with Gasteiger partial charge in [-0.2, -0.15) is 5.10 Å². The van der Waals surface area contributed by atoms with Crippen LogP contribution in [0.1, 0.15) is 21.6 Å². The first-order chi connectivity index (χ1) is 8.56. The number of carbonyl (C=O) groups is 1. The molecule has 0 aromatic carbocycles. The first-order valence-electron chi connectivity index (χ1n) is 5.55. The molecule has 0 saturated heterocycles. The van der Waals surface area contributed by atoms with Gasteiger partial charge in [0.15, 0.2) is 0 Å². The molecule has 0 aliphatic rings. The van der Waals surface area contributed by atoms with E-state index in [4.69, 9.17) is 5.73 Å². The predicted molar refractivity (Wildman–Crippen MR) is 68.0 cm³/mol. The Kier molecular flexibility index (Phi) is 3.27. The van der Waals surface area contributed by atoms with E-state index in [1.165, 1.54) is 6.20 Å². The lowest BCUT2D eigenvalue weighted by molar-refractivity contribution is 0.1000. The van der Waals surface area contributed by atoms with Crippen molar-refractivity contribution < 1.29 is 4.79 Å². The maximum Gasteiger partial charge on any atom is 0.250 e. The molecule has 0 unspecified atom stereocenters. The molecule has 2 aromatic rings. The summed E-state index contributed by atoms with van der Waals surface area (Å²) in [6.07, 6.45) is 3.42. The minimum Gasteiger partial charge on any atom is -0.366 e. The van der Waals surface area contributed by atoms with Gasteiger partial charge in [0.2, 0.25) is 5.91 Å². The van der Waals surface area contributed by atoms with Crippen LogP contribution in [0.4, 0.5) is 5.82 Å². The van der Waals surface area contributed by atoms with Crippen molar-refractivity contribution in [1.82, 2.24) is 14.8 Å². The Balaban J connectivity index is 2.02. The number of hydrogen-bond donors (Lipinski definition) is 2. The predicted octanol–water partition coefficient (Wildman–Crippen LogP) is 0.835. The maximum atomic E-state index is 10.9. The zero-order chi connectivity index (χ0) is 13.1. The summed E-state index contributed by atoms with van der Waals surface area (Å²) in [4.78, 5) is 15.0. The Morgan fingerprint density at radius 1 is 1.50 bits per heavy atom. The lowest BCUT2D eigenvalue weighted by Crippen LogP contribution is -2.11. The number of carbonyl (C=O) groups excluding carboxylic acids is 1. The molecule has 0 saturated carbocycles. The number of amides is 1. The summed E-state index contributed by atoms with van der Waals surface area (Å²) in [7, 11) is 1.89. The van der Waals surface area contributed by atoms with Crippen LogP contribution in [0.5, 0.6) is 0 Å². The van der Waals surface area contributed by atoms with Crippen molar-refractivity contribution in [1.29, 1.82) is 0 Å². The SMILES string of the molecule is Cc1nn(C)cc1CNc1ccc(C(N)=O)cn1. The molecule has 0 aliphatic heterocycles. The molecule has 2 rings (SSSR count). The van der Waals surface area contributed by atoms with E-state index in [9.17, 15) is 4.79 Å². The van der Waals surface area contributed by atoms with Crippen LogP contribution in [0, 0.1) is 6.92 Å². The second-order valence-corrected chi connectivity index (χ2v) is 4.06. The summed E-state index contributed by atoms with van der Waals surface area (Å²) in [6, 6.07) is 3.37. The van der Waals surface area contributed by atoms with Gasteiger partial charge < -0.3 is 11.1 Å². The second kappa shape index (κ2) is 4.87. The monoisotopic (exact) mass is 245 g/mol. The highest BCUT2D eigenvalue weighted by atomic mass is 16.1. The van der Waals surface area contributed by atoms with Gasteiger partial charge in [-0.15, -0.1) is 0 Å². The minimum absolute atomic E-state index is 0.401. The van der Waals surface area contributed by atoms with E-state index >= 15 is 0 Å². The van der Waals surface area contributed by atoms with Gasteiger partial charge in [0.25, 0.3) is 0 Å². The van der Waals surface area contributed by atoms with E-state index in [0.717, 1.165) is 11.3 Å². The Bertz CT molecular complexity index is 558. The van der Waals surface area contributed by atoms with Crippen molar-refractivity contribution in [2.45, 2.75) is 13.5 Å². The molecule has 94 valence electrons. The zero-order valence-corrected chi connectivity index (χ0v) is 10.3. The number of nitrogens with zero attached hydrogens (tertiary/aromatic N) is 3. The summed E-state index contributed by atoms with van der Waals surface area (Å²) in [6.45, 7) is 2.60. The fraction of sp³-hybridized carbons (Fsp3) is 0.250. The average molecular weight is 245 g/mol. The fourth-order valence-electron chi connectivity index (χ4n) is 1.65. The highest BCUT2D eigenvalue weighted by Gasteiger charge is 2.04. The number of nitrogens with one attached hydrogen (secondary N) is 1. The average Bonchev–Trinajstić information content (AvgIpc) is 2.66. The van der Waals surface area contributed by atoms with Gasteiger partial charge in [-0.05, 0) is 19.1 Å². The molecule has 2 heterocycles. The summed E-state index contributed by atoms with van der Waals surface area (Å²) >= 11 is 0. The van der Waals surface area contributed by atoms with E-state index in [1.807, 2.05) is 20.2 Å². The number of primary amides is 1. The Morgan fingerprint density at radius 3 is 2.78 bits per heavy atom. The van der Waals surface area contributed by atoms with Crippen LogP contribution in [-0.4, -0.2) is 20.7 Å². The molecular weight excluding hydrogens is 230 g/mol. The number of aryl methyl sites for hydroxylation is 2. The van der Waals surface area contributed by atoms with Gasteiger partial charge in [0.05, 0.1) is 11.3 Å². The molecule has 0 fully saturated rings. The van der Waals surface area contributed by atoms with Gasteiger partial charge in [-0.25, -0.2) is 4.98 Å². The normalized spacial score (nSPS) is 10.3. The van der Waals surface area contributed by atoms with Crippen molar-refractivity contribution in [3.63, 3.8) is 0 Å². The highest BCUT2D eigenvalue weighted by Crippen LogP contribution is 2.09. The van der Waals surface area contributed by atoms with Gasteiger partial charge in [-0.1, -0.05) is 0 Å². The Labute approximate surface area is 105 Å². The molecule has 0 atom stereocenters. The molecular formula is C12H15N5O. The Morgan fingerprint density at radius 2 is 2.28 bits per heavy atom. The summed E-state index contributed by atoms with van der Waals surface area (Å²) in [5, 5.41) is 7.42. The fourth-order valence-corrected chi connectivity index (χ4v) is 1.65. The summed E-state index contributed by atoms with van der Waals surface area (Å²) < 4.78 is 1.77. The molecule has 2 aromatic heterocycles. The standard InChI is InChI=1S/C12H15N5O/c1-8-10(7-17(2)16-8)6-15-11-4-3-9(5-14-11)12(13)18/h3-5,7H,6H2,1-2H3,(H2,13,18)(H,14,15). The molecule has 0 aliphatic carbocycles. The number of rotatable bonds is 4. The maximum absolute atomic E-state index is 10.9. The van der Waals surface area contributed by atoms with Crippen molar-refractivity contribution >= 4 is 11.7 Å². The molecule has 6 nitrogen and oxygen atoms in total. The lowest BCUT2D eigenvalue weighted by Gasteiger charge is -2.04. The number of hydrogen-bond acceptors (Lipinski definition) is 4. The molecule has 1 amide bonds. The third-order valence-electron chi connectivity index (χ3n) is 2.62. The van der Waals surface area contributed by atoms with Crippen molar-refractivity contribution in [2.75, 3.05) is 5.32 Å². The van der Waals surface area contributed by atoms with E-state index < -0.39 is 5.91 Å². The summed E-state index contributed by atoms with van der Waals surface area (Å²) in [5.74, 6) is 0.223. The van der Waals surface area contributed by atoms with Crippen LogP contribution in [0.25, 0.3) is 0 Å². The van der Waals surface area contributed by atoms with Crippen molar-refractivity contribution in [2.24, 2.45) is 12.8 Å². The highest BCUT2D eigenvalue weighted by molar-refractivity contribution is 5.92. The third kappa shape index (κ3) is 2.65. The number of anilines is 1. The van der Waals surface area contributed by atoms with Gasteiger partial charge >= 0.3 is 0 Å². The lowest BCUT2D eigenvalue weighted by atomic mass is 10.2. The third-order valence-corrected chi connectivity index (χ3v) is 2.62. The van der Waals surface area contributed by atoms with Crippen LogP contribution < -0.4 is 11.1 Å². The Hall–Kier alpha value is -2.37. The number of nitrogens with two attached hydrogens (primary N) is 1. The van der Waals surface area contributed by atoms with Crippen molar-refractivity contribution in [3.05, 3.63) is 41.3 Å². The molecule has 3 N–H and O–H groups in total. The number of aromatic nitrogens is 3. The molecule has 0 spiro atoms. The first-order valence-corrected chi connectivity index (χ1v) is 5.55. The molecule has 6 heteroatoms. The minimum atomic E-state index is -0.475. The largest absolute Gasteiger partial charge is 0.366 e. The van der Waals surface area contributed by atoms with E-state index in [0.29, 0.717) is 17.9 Å². The second-order valence-electron chi connectivity index (χ2n) is 4.06. The van der Waals surface area contributed by atoms with Crippen LogP contribution in [0.15, 0.2) is 24.5 Å². The van der Waals surface area contributed by atoms with E-state index in [1.54, 1.807) is 16.8 Å². The van der Waals surface area contributed by atoms with Crippen LogP contribution in [0.3, 0.4) is 0 Å². The zero-order valence-electron chi connectivity index (χ0n) is 10.3. The topological polar surface area (TPSA) is 85.8 Å². The molecule has 0 radical (unpaired) electrons. The van der Waals surface area contributed by atoms with Crippen LogP contribution >= 0.6 is 0 Å². The van der Waals surface area contributed by atoms with Crippen molar-refractivity contribution in [3.8, 4) is 0 Å². The molecule has 18 heavy (non-hydrogen) atoms. The summed E-state index contributed by atoms with van der Waals surface area (Å²) in [5.41, 5.74) is 7.64. The number of pyridine rings is 1.